The van der Waals surface area contributed by atoms with Gasteiger partial charge in [-0.15, -0.1) is 0 Å². The van der Waals surface area contributed by atoms with E-state index in [1.54, 1.807) is 20.0 Å². The number of hydrogen-bond donors (Lipinski definition) is 0. The highest BCUT2D eigenvalue weighted by atomic mass is 16.6. The lowest BCUT2D eigenvalue weighted by Gasteiger charge is -2.22. The van der Waals surface area contributed by atoms with E-state index in [9.17, 15) is 14.9 Å². The smallest absolute Gasteiger partial charge is 0.314 e. The standard InChI is InChI=1S/C18H20N2O5/c1-13(18(21)19(2)12-14-7-5-4-6-8-14)25-17-10-9-15(24-3)11-16(17)20(22)23/h4-11,13H,12H2,1-3H3/t13-/m0/s1. The summed E-state index contributed by atoms with van der Waals surface area (Å²) >= 11 is 0. The molecule has 25 heavy (non-hydrogen) atoms. The van der Waals surface area contributed by atoms with Crippen molar-refractivity contribution in [2.45, 2.75) is 19.6 Å². The van der Waals surface area contributed by atoms with Crippen molar-refractivity contribution in [3.05, 3.63) is 64.2 Å². The molecule has 0 unspecified atom stereocenters. The van der Waals surface area contributed by atoms with Crippen LogP contribution in [-0.4, -0.2) is 36.0 Å². The summed E-state index contributed by atoms with van der Waals surface area (Å²) in [6.45, 7) is 2.00. The molecule has 0 radical (unpaired) electrons. The second-order valence-corrected chi connectivity index (χ2v) is 5.53. The zero-order valence-electron chi connectivity index (χ0n) is 14.3. The van der Waals surface area contributed by atoms with E-state index < -0.39 is 11.0 Å². The van der Waals surface area contributed by atoms with Crippen LogP contribution < -0.4 is 9.47 Å². The molecule has 7 heteroatoms. The maximum atomic E-state index is 12.5. The summed E-state index contributed by atoms with van der Waals surface area (Å²) in [5.41, 5.74) is 0.741. The molecule has 0 aliphatic rings. The van der Waals surface area contributed by atoms with Crippen LogP contribution >= 0.6 is 0 Å². The highest BCUT2D eigenvalue weighted by molar-refractivity contribution is 5.80. The second kappa shape index (κ2) is 8.14. The molecule has 2 aromatic carbocycles. The van der Waals surface area contributed by atoms with Crippen LogP contribution in [0.15, 0.2) is 48.5 Å². The Kier molecular flexibility index (Phi) is 5.94. The van der Waals surface area contributed by atoms with Crippen molar-refractivity contribution in [2.24, 2.45) is 0 Å². The van der Waals surface area contributed by atoms with Crippen molar-refractivity contribution < 1.29 is 19.2 Å². The molecular weight excluding hydrogens is 324 g/mol. The van der Waals surface area contributed by atoms with E-state index in [4.69, 9.17) is 9.47 Å². The molecule has 0 aliphatic heterocycles. The molecule has 0 heterocycles. The van der Waals surface area contributed by atoms with E-state index in [-0.39, 0.29) is 17.3 Å². The first-order valence-electron chi connectivity index (χ1n) is 7.70. The molecular formula is C18H20N2O5. The average Bonchev–Trinajstić information content (AvgIpc) is 2.61. The zero-order valence-corrected chi connectivity index (χ0v) is 14.3. The predicted molar refractivity (Wildman–Crippen MR) is 92.7 cm³/mol. The minimum absolute atomic E-state index is 0.0276. The van der Waals surface area contributed by atoms with Gasteiger partial charge in [-0.05, 0) is 24.6 Å². The van der Waals surface area contributed by atoms with E-state index in [0.29, 0.717) is 12.3 Å². The number of ether oxygens (including phenoxy) is 2. The van der Waals surface area contributed by atoms with Gasteiger partial charge in [0, 0.05) is 13.6 Å². The molecule has 0 spiro atoms. The minimum Gasteiger partial charge on any atom is -0.496 e. The van der Waals surface area contributed by atoms with Crippen molar-refractivity contribution in [1.82, 2.24) is 4.90 Å². The van der Waals surface area contributed by atoms with E-state index in [0.717, 1.165) is 5.56 Å². The Labute approximate surface area is 145 Å². The Morgan fingerprint density at radius 1 is 1.24 bits per heavy atom. The molecule has 0 saturated heterocycles. The van der Waals surface area contributed by atoms with Crippen LogP contribution in [0.1, 0.15) is 12.5 Å². The molecule has 0 N–H and O–H groups in total. The van der Waals surface area contributed by atoms with Crippen LogP contribution in [-0.2, 0) is 11.3 Å². The summed E-state index contributed by atoms with van der Waals surface area (Å²) in [6, 6.07) is 13.8. The molecule has 0 aliphatic carbocycles. The molecule has 0 fully saturated rings. The Morgan fingerprint density at radius 2 is 1.92 bits per heavy atom. The van der Waals surface area contributed by atoms with Crippen molar-refractivity contribution in [3.8, 4) is 11.5 Å². The third-order valence-corrected chi connectivity index (χ3v) is 3.65. The number of nitrogens with zero attached hydrogens (tertiary/aromatic N) is 2. The van der Waals surface area contributed by atoms with Gasteiger partial charge in [-0.2, -0.15) is 0 Å². The molecule has 0 bridgehead atoms. The van der Waals surface area contributed by atoms with Gasteiger partial charge in [-0.25, -0.2) is 0 Å². The zero-order chi connectivity index (χ0) is 18.4. The van der Waals surface area contributed by atoms with Gasteiger partial charge in [0.1, 0.15) is 5.75 Å². The molecule has 132 valence electrons. The number of likely N-dealkylation sites (N-methyl/N-ethyl adjacent to an activating group) is 1. The Hall–Kier alpha value is -3.09. The molecule has 2 rings (SSSR count). The highest BCUT2D eigenvalue weighted by Crippen LogP contribution is 2.31. The lowest BCUT2D eigenvalue weighted by atomic mass is 10.2. The third kappa shape index (κ3) is 4.69. The molecule has 1 amide bonds. The topological polar surface area (TPSA) is 81.9 Å². The van der Waals surface area contributed by atoms with Crippen molar-refractivity contribution in [2.75, 3.05) is 14.2 Å². The Bertz CT molecular complexity index is 748. The number of carbonyl (C=O) groups is 1. The fraction of sp³-hybridized carbons (Fsp3) is 0.278. The first kappa shape index (κ1) is 18.3. The van der Waals surface area contributed by atoms with Crippen LogP contribution in [0.5, 0.6) is 11.5 Å². The SMILES string of the molecule is COc1ccc(O[C@@H](C)C(=O)N(C)Cc2ccccc2)c([N+](=O)[O-])c1. The number of amides is 1. The van der Waals surface area contributed by atoms with Gasteiger partial charge < -0.3 is 14.4 Å². The Balaban J connectivity index is 2.09. The van der Waals surface area contributed by atoms with Gasteiger partial charge in [-0.1, -0.05) is 30.3 Å². The molecule has 1 atom stereocenters. The van der Waals surface area contributed by atoms with Gasteiger partial charge in [0.15, 0.2) is 11.9 Å². The van der Waals surface area contributed by atoms with Gasteiger partial charge in [0.2, 0.25) is 0 Å². The van der Waals surface area contributed by atoms with E-state index in [1.807, 2.05) is 30.3 Å². The maximum absolute atomic E-state index is 12.5. The van der Waals surface area contributed by atoms with Gasteiger partial charge in [0.05, 0.1) is 18.1 Å². The summed E-state index contributed by atoms with van der Waals surface area (Å²) in [4.78, 5) is 24.6. The predicted octanol–water partition coefficient (Wildman–Crippen LogP) is 3.03. The van der Waals surface area contributed by atoms with Crippen LogP contribution in [0.2, 0.25) is 0 Å². The average molecular weight is 344 g/mol. The van der Waals surface area contributed by atoms with Crippen LogP contribution in [0.4, 0.5) is 5.69 Å². The lowest BCUT2D eigenvalue weighted by Crippen LogP contribution is -2.37. The normalized spacial score (nSPS) is 11.5. The van der Waals surface area contributed by atoms with Crippen molar-refractivity contribution >= 4 is 11.6 Å². The number of hydrogen-bond acceptors (Lipinski definition) is 5. The van der Waals surface area contributed by atoms with Crippen molar-refractivity contribution in [1.29, 1.82) is 0 Å². The lowest BCUT2D eigenvalue weighted by molar-refractivity contribution is -0.386. The van der Waals surface area contributed by atoms with Gasteiger partial charge in [0.25, 0.3) is 5.91 Å². The van der Waals surface area contributed by atoms with E-state index in [2.05, 4.69) is 0 Å². The largest absolute Gasteiger partial charge is 0.496 e. The monoisotopic (exact) mass is 344 g/mol. The van der Waals surface area contributed by atoms with Crippen LogP contribution in [0.3, 0.4) is 0 Å². The number of carbonyl (C=O) groups excluding carboxylic acids is 1. The number of nitro groups is 1. The summed E-state index contributed by atoms with van der Waals surface area (Å²) in [6.07, 6.45) is -0.860. The van der Waals surface area contributed by atoms with Crippen LogP contribution in [0, 0.1) is 10.1 Å². The number of rotatable bonds is 7. The van der Waals surface area contributed by atoms with Crippen LogP contribution in [0.25, 0.3) is 0 Å². The number of methoxy groups -OCH3 is 1. The molecule has 0 saturated carbocycles. The second-order valence-electron chi connectivity index (χ2n) is 5.53. The van der Waals surface area contributed by atoms with Crippen molar-refractivity contribution in [3.63, 3.8) is 0 Å². The van der Waals surface area contributed by atoms with Gasteiger partial charge in [-0.3, -0.25) is 14.9 Å². The minimum atomic E-state index is -0.860. The number of benzene rings is 2. The number of nitro benzene ring substituents is 1. The Morgan fingerprint density at radius 3 is 2.52 bits per heavy atom. The maximum Gasteiger partial charge on any atom is 0.314 e. The van der Waals surface area contributed by atoms with E-state index >= 15 is 0 Å². The fourth-order valence-corrected chi connectivity index (χ4v) is 2.35. The molecule has 2 aromatic rings. The summed E-state index contributed by atoms with van der Waals surface area (Å²) in [7, 11) is 3.09. The third-order valence-electron chi connectivity index (χ3n) is 3.65. The molecule has 7 nitrogen and oxygen atoms in total. The van der Waals surface area contributed by atoms with Gasteiger partial charge >= 0.3 is 5.69 Å². The first-order valence-corrected chi connectivity index (χ1v) is 7.70. The highest BCUT2D eigenvalue weighted by Gasteiger charge is 2.24. The first-order chi connectivity index (χ1) is 11.9. The van der Waals surface area contributed by atoms with E-state index in [1.165, 1.54) is 24.1 Å². The summed E-state index contributed by atoms with van der Waals surface area (Å²) < 4.78 is 10.5. The molecule has 0 aromatic heterocycles. The summed E-state index contributed by atoms with van der Waals surface area (Å²) in [5, 5.41) is 11.2. The quantitative estimate of drug-likeness (QED) is 0.569. The fourth-order valence-electron chi connectivity index (χ4n) is 2.35. The summed E-state index contributed by atoms with van der Waals surface area (Å²) in [5.74, 6) is 0.105.